The van der Waals surface area contributed by atoms with E-state index in [1.165, 1.54) is 0 Å². The van der Waals surface area contributed by atoms with Crippen LogP contribution in [-0.4, -0.2) is 9.49 Å². The van der Waals surface area contributed by atoms with E-state index in [0.717, 1.165) is 6.42 Å². The number of hydrogen-bond acceptors (Lipinski definition) is 2. The normalized spacial score (nSPS) is 14.0. The summed E-state index contributed by atoms with van der Waals surface area (Å²) in [5, 5.41) is 0. The molecule has 0 aliphatic rings. The summed E-state index contributed by atoms with van der Waals surface area (Å²) < 4.78 is 0.205. The molecular weight excluding hydrogens is 148 g/mol. The summed E-state index contributed by atoms with van der Waals surface area (Å²) >= 11 is 8.80. The SMILES string of the molecule is CC(C)(S)CC(C)(C)S. The summed E-state index contributed by atoms with van der Waals surface area (Å²) in [5.41, 5.74) is 0. The molecule has 0 spiro atoms. The van der Waals surface area contributed by atoms with Gasteiger partial charge in [0.15, 0.2) is 0 Å². The first kappa shape index (κ1) is 9.70. The molecule has 0 heterocycles. The zero-order valence-electron chi connectivity index (χ0n) is 6.60. The third-order valence-corrected chi connectivity index (χ3v) is 1.18. The van der Waals surface area contributed by atoms with Crippen molar-refractivity contribution in [1.29, 1.82) is 0 Å². The Balaban J connectivity index is 3.75. The van der Waals surface area contributed by atoms with E-state index in [4.69, 9.17) is 0 Å². The Kier molecular flexibility index (Phi) is 2.96. The topological polar surface area (TPSA) is 0 Å². The van der Waals surface area contributed by atoms with Gasteiger partial charge in [-0.3, -0.25) is 0 Å². The summed E-state index contributed by atoms with van der Waals surface area (Å²) in [7, 11) is 0. The van der Waals surface area contributed by atoms with Crippen molar-refractivity contribution in [3.05, 3.63) is 0 Å². The van der Waals surface area contributed by atoms with Crippen molar-refractivity contribution in [2.24, 2.45) is 0 Å². The predicted molar refractivity (Wildman–Crippen MR) is 50.7 cm³/mol. The molecule has 0 saturated heterocycles. The lowest BCUT2D eigenvalue weighted by Gasteiger charge is -2.26. The molecule has 0 rings (SSSR count). The summed E-state index contributed by atoms with van der Waals surface area (Å²) in [6, 6.07) is 0. The van der Waals surface area contributed by atoms with Crippen LogP contribution in [0.4, 0.5) is 0 Å². The predicted octanol–water partition coefficient (Wildman–Crippen LogP) is 2.79. The second kappa shape index (κ2) is 2.75. The second-order valence-corrected chi connectivity index (χ2v) is 6.22. The van der Waals surface area contributed by atoms with Crippen LogP contribution in [0.15, 0.2) is 0 Å². The van der Waals surface area contributed by atoms with Gasteiger partial charge in [0.25, 0.3) is 0 Å². The Hall–Kier alpha value is 0.700. The van der Waals surface area contributed by atoms with E-state index in [-0.39, 0.29) is 9.49 Å². The first-order chi connectivity index (χ1) is 3.71. The summed E-state index contributed by atoms with van der Waals surface area (Å²) in [6.45, 7) is 8.42. The van der Waals surface area contributed by atoms with Crippen molar-refractivity contribution in [3.8, 4) is 0 Å². The Morgan fingerprint density at radius 1 is 0.889 bits per heavy atom. The molecule has 0 aromatic heterocycles. The Morgan fingerprint density at radius 3 is 1.11 bits per heavy atom. The van der Waals surface area contributed by atoms with E-state index in [9.17, 15) is 0 Å². The van der Waals surface area contributed by atoms with Crippen LogP contribution in [0.25, 0.3) is 0 Å². The zero-order chi connectivity index (χ0) is 7.71. The minimum atomic E-state index is 0.102. The molecule has 2 heteroatoms. The maximum absolute atomic E-state index is 4.40. The fourth-order valence-electron chi connectivity index (χ4n) is 1.06. The minimum absolute atomic E-state index is 0.102. The van der Waals surface area contributed by atoms with Gasteiger partial charge in [0.1, 0.15) is 0 Å². The van der Waals surface area contributed by atoms with Crippen LogP contribution >= 0.6 is 25.3 Å². The van der Waals surface area contributed by atoms with Crippen LogP contribution in [0.2, 0.25) is 0 Å². The summed E-state index contributed by atoms with van der Waals surface area (Å²) in [5.74, 6) is 0. The Labute approximate surface area is 69.2 Å². The number of hydrogen-bond donors (Lipinski definition) is 2. The van der Waals surface area contributed by atoms with E-state index in [1.807, 2.05) is 0 Å². The van der Waals surface area contributed by atoms with Crippen molar-refractivity contribution < 1.29 is 0 Å². The highest BCUT2D eigenvalue weighted by Gasteiger charge is 2.21. The van der Waals surface area contributed by atoms with Gasteiger partial charge in [0, 0.05) is 9.49 Å². The van der Waals surface area contributed by atoms with Gasteiger partial charge in [-0.1, -0.05) is 27.7 Å². The minimum Gasteiger partial charge on any atom is -0.173 e. The van der Waals surface area contributed by atoms with Crippen molar-refractivity contribution in [2.45, 2.75) is 43.6 Å². The van der Waals surface area contributed by atoms with E-state index in [0.29, 0.717) is 0 Å². The molecule has 0 aromatic rings. The van der Waals surface area contributed by atoms with Crippen LogP contribution in [0.5, 0.6) is 0 Å². The Bertz CT molecular complexity index is 72.1. The molecule has 0 radical (unpaired) electrons. The average molecular weight is 164 g/mol. The quantitative estimate of drug-likeness (QED) is 0.576. The molecule has 0 aliphatic carbocycles. The maximum atomic E-state index is 4.40. The van der Waals surface area contributed by atoms with Gasteiger partial charge < -0.3 is 0 Å². The first-order valence-electron chi connectivity index (χ1n) is 3.15. The lowest BCUT2D eigenvalue weighted by molar-refractivity contribution is 0.547. The second-order valence-electron chi connectivity index (χ2n) is 3.80. The molecule has 0 bridgehead atoms. The lowest BCUT2D eigenvalue weighted by atomic mass is 9.99. The molecule has 0 aliphatic heterocycles. The molecule has 0 amide bonds. The molecule has 0 unspecified atom stereocenters. The van der Waals surface area contributed by atoms with Crippen molar-refractivity contribution in [3.63, 3.8) is 0 Å². The average Bonchev–Trinajstić information content (AvgIpc) is 1.14. The van der Waals surface area contributed by atoms with Crippen LogP contribution < -0.4 is 0 Å². The van der Waals surface area contributed by atoms with Crippen LogP contribution in [0.3, 0.4) is 0 Å². The maximum Gasteiger partial charge on any atom is 0.00860 e. The fourth-order valence-corrected chi connectivity index (χ4v) is 1.97. The third-order valence-electron chi connectivity index (χ3n) is 0.865. The molecule has 0 fully saturated rings. The summed E-state index contributed by atoms with van der Waals surface area (Å²) in [4.78, 5) is 0. The molecule has 9 heavy (non-hydrogen) atoms. The van der Waals surface area contributed by atoms with Crippen molar-refractivity contribution in [2.75, 3.05) is 0 Å². The zero-order valence-corrected chi connectivity index (χ0v) is 8.39. The van der Waals surface area contributed by atoms with Gasteiger partial charge in [0.05, 0.1) is 0 Å². The monoisotopic (exact) mass is 164 g/mol. The molecule has 0 N–H and O–H groups in total. The summed E-state index contributed by atoms with van der Waals surface area (Å²) in [6.07, 6.45) is 1.02. The van der Waals surface area contributed by atoms with Gasteiger partial charge in [0.2, 0.25) is 0 Å². The van der Waals surface area contributed by atoms with Crippen molar-refractivity contribution >= 4 is 25.3 Å². The number of thiol groups is 2. The van der Waals surface area contributed by atoms with Gasteiger partial charge in [-0.05, 0) is 6.42 Å². The van der Waals surface area contributed by atoms with Gasteiger partial charge >= 0.3 is 0 Å². The fraction of sp³-hybridized carbons (Fsp3) is 1.00. The van der Waals surface area contributed by atoms with Crippen LogP contribution in [-0.2, 0) is 0 Å². The molecular formula is C7H16S2. The van der Waals surface area contributed by atoms with Gasteiger partial charge in [-0.2, -0.15) is 25.3 Å². The van der Waals surface area contributed by atoms with Crippen molar-refractivity contribution in [1.82, 2.24) is 0 Å². The largest absolute Gasteiger partial charge is 0.173 e. The van der Waals surface area contributed by atoms with Gasteiger partial charge in [-0.15, -0.1) is 0 Å². The highest BCUT2D eigenvalue weighted by atomic mass is 32.1. The molecule has 0 atom stereocenters. The lowest BCUT2D eigenvalue weighted by Crippen LogP contribution is -2.23. The number of rotatable bonds is 2. The van der Waals surface area contributed by atoms with Crippen LogP contribution in [0, 0.1) is 0 Å². The molecule has 0 nitrogen and oxygen atoms in total. The van der Waals surface area contributed by atoms with Gasteiger partial charge in [-0.25, -0.2) is 0 Å². The highest BCUT2D eigenvalue weighted by molar-refractivity contribution is 7.82. The molecule has 0 saturated carbocycles. The molecule has 0 aromatic carbocycles. The van der Waals surface area contributed by atoms with E-state index >= 15 is 0 Å². The smallest absolute Gasteiger partial charge is 0.00860 e. The molecule has 56 valence electrons. The third kappa shape index (κ3) is 8.70. The van der Waals surface area contributed by atoms with E-state index in [2.05, 4.69) is 53.0 Å². The first-order valence-corrected chi connectivity index (χ1v) is 4.05. The highest BCUT2D eigenvalue weighted by Crippen LogP contribution is 2.29. The standard InChI is InChI=1S/C7H16S2/c1-6(2,8)5-7(3,4)9/h8-9H,5H2,1-4H3. The van der Waals surface area contributed by atoms with E-state index in [1.54, 1.807) is 0 Å². The van der Waals surface area contributed by atoms with Crippen LogP contribution in [0.1, 0.15) is 34.1 Å². The Morgan fingerprint density at radius 2 is 1.11 bits per heavy atom. The van der Waals surface area contributed by atoms with E-state index < -0.39 is 0 Å².